The second-order valence-corrected chi connectivity index (χ2v) is 6.01. The van der Waals surface area contributed by atoms with Crippen molar-refractivity contribution in [3.05, 3.63) is 46.2 Å². The first-order chi connectivity index (χ1) is 10.2. The van der Waals surface area contributed by atoms with Gasteiger partial charge in [0.25, 0.3) is 0 Å². The molecule has 1 atom stereocenters. The third-order valence-electron chi connectivity index (χ3n) is 3.60. The lowest BCUT2D eigenvalue weighted by atomic mass is 10.1. The lowest BCUT2D eigenvalue weighted by Crippen LogP contribution is -2.31. The molecule has 4 nitrogen and oxygen atoms in total. The molecular weight excluding hydrogens is 282 g/mol. The van der Waals surface area contributed by atoms with Crippen LogP contribution in [0, 0.1) is 0 Å². The molecule has 2 aromatic heterocycles. The van der Waals surface area contributed by atoms with E-state index in [0.29, 0.717) is 12.6 Å². The molecule has 114 valence electrons. The highest BCUT2D eigenvalue weighted by Gasteiger charge is 2.14. The fourth-order valence-corrected chi connectivity index (χ4v) is 2.80. The number of methoxy groups -OCH3 is 1. The van der Waals surface area contributed by atoms with Crippen molar-refractivity contribution in [3.63, 3.8) is 0 Å². The predicted octanol–water partition coefficient (Wildman–Crippen LogP) is 3.49. The van der Waals surface area contributed by atoms with Gasteiger partial charge in [-0.05, 0) is 35.7 Å². The Labute approximate surface area is 130 Å². The zero-order chi connectivity index (χ0) is 15.1. The van der Waals surface area contributed by atoms with Crippen LogP contribution in [0.15, 0.2) is 29.2 Å². The van der Waals surface area contributed by atoms with Crippen LogP contribution in [0.2, 0.25) is 0 Å². The van der Waals surface area contributed by atoms with Crippen LogP contribution >= 0.6 is 11.3 Å². The van der Waals surface area contributed by atoms with E-state index in [4.69, 9.17) is 4.74 Å². The van der Waals surface area contributed by atoms with Gasteiger partial charge in [0.15, 0.2) is 5.82 Å². The molecular formula is C16H23N3OS. The van der Waals surface area contributed by atoms with E-state index in [-0.39, 0.29) is 0 Å². The van der Waals surface area contributed by atoms with Crippen LogP contribution in [0.5, 0.6) is 0 Å². The Hall–Kier alpha value is -1.30. The number of hydrogen-bond acceptors (Lipinski definition) is 5. The molecule has 2 heterocycles. The summed E-state index contributed by atoms with van der Waals surface area (Å²) in [5.41, 5.74) is 2.52. The number of aromatic nitrogens is 2. The molecule has 0 aliphatic rings. The summed E-state index contributed by atoms with van der Waals surface area (Å²) < 4.78 is 5.04. The molecule has 2 rings (SSSR count). The summed E-state index contributed by atoms with van der Waals surface area (Å²) in [5.74, 6) is 0.731. The van der Waals surface area contributed by atoms with Gasteiger partial charge in [-0.15, -0.1) is 0 Å². The molecule has 0 amide bonds. The highest BCUT2D eigenvalue weighted by molar-refractivity contribution is 7.07. The maximum absolute atomic E-state index is 5.04. The van der Waals surface area contributed by atoms with Crippen LogP contribution in [0.25, 0.3) is 0 Å². The van der Waals surface area contributed by atoms with E-state index in [1.54, 1.807) is 18.4 Å². The first-order valence-corrected chi connectivity index (χ1v) is 8.21. The summed E-state index contributed by atoms with van der Waals surface area (Å²) in [6, 6.07) is 2.72. The van der Waals surface area contributed by atoms with Crippen molar-refractivity contribution in [3.8, 4) is 0 Å². The van der Waals surface area contributed by atoms with Crippen LogP contribution in [-0.2, 0) is 24.4 Å². The number of nitrogens with zero attached hydrogens (tertiary/aromatic N) is 3. The Morgan fingerprint density at radius 3 is 2.52 bits per heavy atom. The summed E-state index contributed by atoms with van der Waals surface area (Å²) in [6.45, 7) is 6.80. The summed E-state index contributed by atoms with van der Waals surface area (Å²) in [7, 11) is 1.66. The second-order valence-electron chi connectivity index (χ2n) is 5.23. The maximum atomic E-state index is 5.04. The Balaban J connectivity index is 2.03. The minimum Gasteiger partial charge on any atom is -0.377 e. The largest absolute Gasteiger partial charge is 0.377 e. The number of hydrogen-bond donors (Lipinski definition) is 0. The summed E-state index contributed by atoms with van der Waals surface area (Å²) in [5, 5.41) is 4.35. The van der Waals surface area contributed by atoms with Gasteiger partial charge in [-0.25, -0.2) is 9.97 Å². The lowest BCUT2D eigenvalue weighted by Gasteiger charge is -2.28. The van der Waals surface area contributed by atoms with Gasteiger partial charge >= 0.3 is 0 Å². The van der Waals surface area contributed by atoms with E-state index >= 15 is 0 Å². The highest BCUT2D eigenvalue weighted by atomic mass is 32.1. The Morgan fingerprint density at radius 1 is 1.24 bits per heavy atom. The van der Waals surface area contributed by atoms with E-state index in [2.05, 4.69) is 45.5 Å². The summed E-state index contributed by atoms with van der Waals surface area (Å²) >= 11 is 1.75. The van der Waals surface area contributed by atoms with Crippen molar-refractivity contribution < 1.29 is 4.74 Å². The molecule has 0 radical (unpaired) electrons. The van der Waals surface area contributed by atoms with Crippen LogP contribution in [-0.4, -0.2) is 28.0 Å². The first kappa shape index (κ1) is 16.1. The number of ether oxygens (including phenoxy) is 1. The number of thiophene rings is 1. The molecule has 0 aliphatic heterocycles. The first-order valence-electron chi connectivity index (χ1n) is 7.26. The minimum atomic E-state index is 0.463. The quantitative estimate of drug-likeness (QED) is 0.748. The molecule has 0 bridgehead atoms. The third kappa shape index (κ3) is 4.88. The van der Waals surface area contributed by atoms with Crippen molar-refractivity contribution in [1.82, 2.24) is 14.9 Å². The summed E-state index contributed by atoms with van der Waals surface area (Å²) in [4.78, 5) is 11.2. The maximum Gasteiger partial charge on any atom is 0.153 e. The van der Waals surface area contributed by atoms with Gasteiger partial charge in [-0.1, -0.05) is 6.92 Å². The van der Waals surface area contributed by atoms with Gasteiger partial charge < -0.3 is 4.74 Å². The topological polar surface area (TPSA) is 38.2 Å². The molecule has 0 spiro atoms. The molecule has 0 saturated carbocycles. The Morgan fingerprint density at radius 2 is 1.95 bits per heavy atom. The Bertz CT molecular complexity index is 513. The molecule has 0 aliphatic carbocycles. The SMILES string of the molecule is CC[C@H](C)N(Cc1cnc(COC)nc1)Cc1ccsc1. The lowest BCUT2D eigenvalue weighted by molar-refractivity contribution is 0.176. The van der Waals surface area contributed by atoms with Crippen LogP contribution in [0.3, 0.4) is 0 Å². The number of rotatable bonds is 8. The van der Waals surface area contributed by atoms with Gasteiger partial charge in [-0.2, -0.15) is 11.3 Å². The zero-order valence-corrected chi connectivity index (χ0v) is 13.8. The van der Waals surface area contributed by atoms with E-state index in [0.717, 1.165) is 30.9 Å². The fourth-order valence-electron chi connectivity index (χ4n) is 2.14. The van der Waals surface area contributed by atoms with Gasteiger partial charge in [0.05, 0.1) is 0 Å². The van der Waals surface area contributed by atoms with Crippen LogP contribution < -0.4 is 0 Å². The van der Waals surface area contributed by atoms with E-state index in [9.17, 15) is 0 Å². The van der Waals surface area contributed by atoms with Crippen molar-refractivity contribution in [1.29, 1.82) is 0 Å². The molecule has 21 heavy (non-hydrogen) atoms. The molecule has 0 fully saturated rings. The van der Waals surface area contributed by atoms with E-state index < -0.39 is 0 Å². The van der Waals surface area contributed by atoms with E-state index in [1.807, 2.05) is 12.4 Å². The normalized spacial score (nSPS) is 12.8. The van der Waals surface area contributed by atoms with Crippen LogP contribution in [0.1, 0.15) is 37.2 Å². The minimum absolute atomic E-state index is 0.463. The van der Waals surface area contributed by atoms with E-state index in [1.165, 1.54) is 5.56 Å². The standard InChI is InChI=1S/C16H23N3OS/c1-4-13(2)19(9-14-5-6-21-12-14)10-15-7-17-16(11-20-3)18-8-15/h5-8,12-13H,4,9-11H2,1-3H3/t13-/m0/s1. The van der Waals surface area contributed by atoms with Crippen LogP contribution in [0.4, 0.5) is 0 Å². The van der Waals surface area contributed by atoms with Gasteiger partial charge in [0, 0.05) is 44.2 Å². The smallest absolute Gasteiger partial charge is 0.153 e. The molecule has 0 N–H and O–H groups in total. The van der Waals surface area contributed by atoms with Crippen molar-refractivity contribution in [2.75, 3.05) is 7.11 Å². The average Bonchev–Trinajstić information content (AvgIpc) is 3.01. The monoisotopic (exact) mass is 305 g/mol. The van der Waals surface area contributed by atoms with Gasteiger partial charge in [-0.3, -0.25) is 4.90 Å². The second kappa shape index (κ2) is 8.22. The Kier molecular flexibility index (Phi) is 6.29. The zero-order valence-electron chi connectivity index (χ0n) is 13.0. The average molecular weight is 305 g/mol. The highest BCUT2D eigenvalue weighted by Crippen LogP contribution is 2.16. The van der Waals surface area contributed by atoms with Crippen molar-refractivity contribution >= 4 is 11.3 Å². The van der Waals surface area contributed by atoms with Gasteiger partial charge in [0.2, 0.25) is 0 Å². The molecule has 0 aromatic carbocycles. The fraction of sp³-hybridized carbons (Fsp3) is 0.500. The molecule has 0 saturated heterocycles. The molecule has 2 aromatic rings. The summed E-state index contributed by atoms with van der Waals surface area (Å²) in [6.07, 6.45) is 4.95. The third-order valence-corrected chi connectivity index (χ3v) is 4.33. The molecule has 5 heteroatoms. The molecule has 0 unspecified atom stereocenters. The van der Waals surface area contributed by atoms with Crippen molar-refractivity contribution in [2.45, 2.75) is 46.0 Å². The predicted molar refractivity (Wildman–Crippen MR) is 86.1 cm³/mol. The van der Waals surface area contributed by atoms with Crippen molar-refractivity contribution in [2.24, 2.45) is 0 Å². The van der Waals surface area contributed by atoms with Gasteiger partial charge in [0.1, 0.15) is 6.61 Å².